The highest BCUT2D eigenvalue weighted by Crippen LogP contribution is 2.18. The number of ether oxygens (including phenoxy) is 1. The van der Waals surface area contributed by atoms with E-state index in [0.717, 1.165) is 17.7 Å². The van der Waals surface area contributed by atoms with Crippen LogP contribution in [-0.2, 0) is 13.2 Å². The SMILES string of the molecule is CC(C)(C)NCc1ccnc(OCc2ccccc2Cl)c1. The second-order valence-corrected chi connectivity index (χ2v) is 6.39. The van der Waals surface area contributed by atoms with Crippen LogP contribution in [0.25, 0.3) is 0 Å². The van der Waals surface area contributed by atoms with Crippen molar-refractivity contribution < 1.29 is 4.74 Å². The Balaban J connectivity index is 1.96. The molecule has 0 atom stereocenters. The van der Waals surface area contributed by atoms with Gasteiger partial charge in [0.15, 0.2) is 0 Å². The predicted octanol–water partition coefficient (Wildman–Crippen LogP) is 4.20. The third-order valence-electron chi connectivity index (χ3n) is 2.96. The molecule has 2 aromatic rings. The van der Waals surface area contributed by atoms with Crippen LogP contribution in [0.15, 0.2) is 42.6 Å². The predicted molar refractivity (Wildman–Crippen MR) is 86.6 cm³/mol. The summed E-state index contributed by atoms with van der Waals surface area (Å²) in [6.45, 7) is 7.63. The molecule has 0 saturated carbocycles. The average Bonchev–Trinajstić information content (AvgIpc) is 2.44. The lowest BCUT2D eigenvalue weighted by molar-refractivity contribution is 0.293. The van der Waals surface area contributed by atoms with Crippen molar-refractivity contribution in [3.05, 3.63) is 58.7 Å². The van der Waals surface area contributed by atoms with Crippen LogP contribution in [0.3, 0.4) is 0 Å². The van der Waals surface area contributed by atoms with Gasteiger partial charge in [0.1, 0.15) is 6.61 Å². The largest absolute Gasteiger partial charge is 0.473 e. The van der Waals surface area contributed by atoms with Gasteiger partial charge < -0.3 is 10.1 Å². The fourth-order valence-corrected chi connectivity index (χ4v) is 1.96. The van der Waals surface area contributed by atoms with Gasteiger partial charge in [0.05, 0.1) is 0 Å². The topological polar surface area (TPSA) is 34.2 Å². The van der Waals surface area contributed by atoms with Crippen molar-refractivity contribution in [2.45, 2.75) is 39.5 Å². The van der Waals surface area contributed by atoms with Crippen LogP contribution in [0.4, 0.5) is 0 Å². The summed E-state index contributed by atoms with van der Waals surface area (Å²) in [6.07, 6.45) is 1.77. The molecular formula is C17H21ClN2O. The zero-order valence-corrected chi connectivity index (χ0v) is 13.4. The van der Waals surface area contributed by atoms with Gasteiger partial charge in [0.25, 0.3) is 0 Å². The fraction of sp³-hybridized carbons (Fsp3) is 0.353. The first kappa shape index (κ1) is 15.8. The number of benzene rings is 1. The summed E-state index contributed by atoms with van der Waals surface area (Å²) in [5.74, 6) is 0.614. The van der Waals surface area contributed by atoms with Gasteiger partial charge >= 0.3 is 0 Å². The Labute approximate surface area is 131 Å². The summed E-state index contributed by atoms with van der Waals surface area (Å²) in [5, 5.41) is 4.15. The van der Waals surface area contributed by atoms with Crippen LogP contribution in [-0.4, -0.2) is 10.5 Å². The summed E-state index contributed by atoms with van der Waals surface area (Å²) in [5.41, 5.74) is 2.19. The summed E-state index contributed by atoms with van der Waals surface area (Å²) in [7, 11) is 0. The fourth-order valence-electron chi connectivity index (χ4n) is 1.77. The number of halogens is 1. The van der Waals surface area contributed by atoms with E-state index in [4.69, 9.17) is 16.3 Å². The molecule has 0 aliphatic heterocycles. The standard InChI is InChI=1S/C17H21ClN2O/c1-17(2,3)20-11-13-8-9-19-16(10-13)21-12-14-6-4-5-7-15(14)18/h4-10,20H,11-12H2,1-3H3. The van der Waals surface area contributed by atoms with Gasteiger partial charge in [0, 0.05) is 34.9 Å². The van der Waals surface area contributed by atoms with E-state index in [0.29, 0.717) is 17.5 Å². The Morgan fingerprint density at radius 1 is 1.19 bits per heavy atom. The molecular weight excluding hydrogens is 284 g/mol. The van der Waals surface area contributed by atoms with E-state index in [9.17, 15) is 0 Å². The van der Waals surface area contributed by atoms with Gasteiger partial charge in [0.2, 0.25) is 5.88 Å². The van der Waals surface area contributed by atoms with Crippen molar-refractivity contribution in [3.8, 4) is 5.88 Å². The second-order valence-electron chi connectivity index (χ2n) is 5.99. The van der Waals surface area contributed by atoms with Crippen molar-refractivity contribution >= 4 is 11.6 Å². The molecule has 0 spiro atoms. The van der Waals surface area contributed by atoms with Crippen LogP contribution in [0, 0.1) is 0 Å². The van der Waals surface area contributed by atoms with E-state index in [1.165, 1.54) is 0 Å². The molecule has 0 aliphatic rings. The Hall–Kier alpha value is -1.58. The van der Waals surface area contributed by atoms with E-state index in [-0.39, 0.29) is 5.54 Å². The third kappa shape index (κ3) is 5.37. The van der Waals surface area contributed by atoms with Crippen molar-refractivity contribution in [2.24, 2.45) is 0 Å². The van der Waals surface area contributed by atoms with Crippen LogP contribution >= 0.6 is 11.6 Å². The average molecular weight is 305 g/mol. The number of pyridine rings is 1. The third-order valence-corrected chi connectivity index (χ3v) is 3.32. The highest BCUT2D eigenvalue weighted by Gasteiger charge is 2.09. The Bertz CT molecular complexity index is 593. The smallest absolute Gasteiger partial charge is 0.213 e. The lowest BCUT2D eigenvalue weighted by atomic mass is 10.1. The molecule has 112 valence electrons. The molecule has 2 rings (SSSR count). The van der Waals surface area contributed by atoms with E-state index < -0.39 is 0 Å². The van der Waals surface area contributed by atoms with E-state index in [1.54, 1.807) is 6.20 Å². The minimum absolute atomic E-state index is 0.0852. The first-order valence-corrected chi connectivity index (χ1v) is 7.38. The van der Waals surface area contributed by atoms with Crippen LogP contribution in [0.1, 0.15) is 31.9 Å². The molecule has 0 bridgehead atoms. The van der Waals surface area contributed by atoms with Crippen LogP contribution in [0.2, 0.25) is 5.02 Å². The molecule has 1 aromatic heterocycles. The number of rotatable bonds is 5. The van der Waals surface area contributed by atoms with Gasteiger partial charge in [-0.2, -0.15) is 0 Å². The Kier molecular flexibility index (Phi) is 5.21. The normalized spacial score (nSPS) is 11.4. The molecule has 0 unspecified atom stereocenters. The van der Waals surface area contributed by atoms with E-state index in [2.05, 4.69) is 31.1 Å². The number of hydrogen-bond acceptors (Lipinski definition) is 3. The summed E-state index contributed by atoms with van der Waals surface area (Å²) < 4.78 is 5.72. The van der Waals surface area contributed by atoms with Crippen LogP contribution < -0.4 is 10.1 Å². The quantitative estimate of drug-likeness (QED) is 0.899. The highest BCUT2D eigenvalue weighted by molar-refractivity contribution is 6.31. The molecule has 4 heteroatoms. The molecule has 1 N–H and O–H groups in total. The maximum atomic E-state index is 6.11. The number of hydrogen-bond donors (Lipinski definition) is 1. The maximum Gasteiger partial charge on any atom is 0.213 e. The minimum atomic E-state index is 0.0852. The van der Waals surface area contributed by atoms with Gasteiger partial charge in [-0.25, -0.2) is 4.98 Å². The highest BCUT2D eigenvalue weighted by atomic mass is 35.5. The Morgan fingerprint density at radius 2 is 1.95 bits per heavy atom. The number of nitrogens with zero attached hydrogens (tertiary/aromatic N) is 1. The van der Waals surface area contributed by atoms with E-state index in [1.807, 2.05) is 36.4 Å². The molecule has 1 aromatic carbocycles. The van der Waals surface area contributed by atoms with Crippen molar-refractivity contribution in [3.63, 3.8) is 0 Å². The molecule has 0 amide bonds. The molecule has 1 heterocycles. The van der Waals surface area contributed by atoms with Gasteiger partial charge in [-0.1, -0.05) is 29.8 Å². The summed E-state index contributed by atoms with van der Waals surface area (Å²) >= 11 is 6.11. The maximum absolute atomic E-state index is 6.11. The molecule has 3 nitrogen and oxygen atoms in total. The minimum Gasteiger partial charge on any atom is -0.473 e. The first-order chi connectivity index (χ1) is 9.94. The van der Waals surface area contributed by atoms with Gasteiger partial charge in [-0.15, -0.1) is 0 Å². The number of nitrogens with one attached hydrogen (secondary N) is 1. The molecule has 0 saturated heterocycles. The molecule has 21 heavy (non-hydrogen) atoms. The monoisotopic (exact) mass is 304 g/mol. The van der Waals surface area contributed by atoms with Crippen molar-refractivity contribution in [2.75, 3.05) is 0 Å². The lowest BCUT2D eigenvalue weighted by Gasteiger charge is -2.20. The van der Waals surface area contributed by atoms with Gasteiger partial charge in [-0.3, -0.25) is 0 Å². The molecule has 0 aliphatic carbocycles. The molecule has 0 fully saturated rings. The summed E-state index contributed by atoms with van der Waals surface area (Å²) in [6, 6.07) is 11.6. The van der Waals surface area contributed by atoms with E-state index >= 15 is 0 Å². The summed E-state index contributed by atoms with van der Waals surface area (Å²) in [4.78, 5) is 4.24. The van der Waals surface area contributed by atoms with Crippen LogP contribution in [0.5, 0.6) is 5.88 Å². The van der Waals surface area contributed by atoms with Gasteiger partial charge in [-0.05, 0) is 38.5 Å². The first-order valence-electron chi connectivity index (χ1n) is 7.00. The van der Waals surface area contributed by atoms with Crippen molar-refractivity contribution in [1.29, 1.82) is 0 Å². The number of aromatic nitrogens is 1. The zero-order chi connectivity index (χ0) is 15.3. The second kappa shape index (κ2) is 6.92. The van der Waals surface area contributed by atoms with Crippen molar-refractivity contribution in [1.82, 2.24) is 10.3 Å². The Morgan fingerprint density at radius 3 is 2.67 bits per heavy atom. The zero-order valence-electron chi connectivity index (χ0n) is 12.7. The lowest BCUT2D eigenvalue weighted by Crippen LogP contribution is -2.35. The molecule has 0 radical (unpaired) electrons.